The van der Waals surface area contributed by atoms with Crippen molar-refractivity contribution in [1.82, 2.24) is 0 Å². The van der Waals surface area contributed by atoms with Crippen LogP contribution in [0.1, 0.15) is 193 Å². The Hall–Kier alpha value is 0.354. The van der Waals surface area contributed by atoms with Crippen LogP contribution in [0.15, 0.2) is 0 Å². The zero-order chi connectivity index (χ0) is 32.1. The monoisotopic (exact) mass is 671 g/mol. The lowest BCUT2D eigenvalue weighted by Crippen LogP contribution is -2.76. The van der Waals surface area contributed by atoms with Crippen LogP contribution >= 0.6 is 0 Å². The third kappa shape index (κ3) is 7.51. The molecule has 6 fully saturated rings. The Morgan fingerprint density at radius 1 is 0.304 bits per heavy atom. The van der Waals surface area contributed by atoms with Gasteiger partial charge in [-0.05, 0) is 112 Å². The molecular weight excluding hydrogens is 593 g/mol. The van der Waals surface area contributed by atoms with Gasteiger partial charge >= 0.3 is 0 Å². The van der Waals surface area contributed by atoms with Crippen molar-refractivity contribution in [2.45, 2.75) is 241 Å². The van der Waals surface area contributed by atoms with Gasteiger partial charge in [0.2, 0.25) is 0 Å². The second-order valence-electron chi connectivity index (χ2n) is 19.0. The molecule has 0 aromatic heterocycles. The van der Waals surface area contributed by atoms with Crippen LogP contribution in [0.2, 0.25) is 37.3 Å². The zero-order valence-corrected chi connectivity index (χ0v) is 33.5. The van der Waals surface area contributed by atoms with Crippen LogP contribution in [-0.2, 0) is 8.85 Å². The third-order valence-electron chi connectivity index (χ3n) is 15.5. The molecule has 6 aliphatic rings. The largest absolute Gasteiger partial charge is 0.408 e. The summed E-state index contributed by atoms with van der Waals surface area (Å²) in [5, 5.41) is 0. The first-order valence-electron chi connectivity index (χ1n) is 21.7. The Balaban J connectivity index is 1.58. The summed E-state index contributed by atoms with van der Waals surface area (Å²) in [7, 11) is -4.04. The van der Waals surface area contributed by atoms with Crippen molar-refractivity contribution in [2.24, 2.45) is 23.7 Å². The minimum absolute atomic E-state index is 0.0655. The predicted octanol–water partition coefficient (Wildman–Crippen LogP) is 13.9. The minimum Gasteiger partial charge on any atom is -0.408 e. The molecule has 0 spiro atoms. The van der Waals surface area contributed by atoms with Crippen molar-refractivity contribution in [3.8, 4) is 0 Å². The second-order valence-corrected chi connectivity index (χ2v) is 27.5. The van der Waals surface area contributed by atoms with E-state index in [9.17, 15) is 0 Å². The molecule has 0 N–H and O–H groups in total. The lowest BCUT2D eigenvalue weighted by atomic mass is 9.50. The van der Waals surface area contributed by atoms with Crippen molar-refractivity contribution in [2.75, 3.05) is 0 Å². The third-order valence-corrected chi connectivity index (χ3v) is 22.3. The summed E-state index contributed by atoms with van der Waals surface area (Å²) in [4.78, 5) is 0. The molecule has 0 aliphatic heterocycles. The normalized spacial score (nSPS) is 27.7. The topological polar surface area (TPSA) is 18.5 Å². The van der Waals surface area contributed by atoms with Crippen molar-refractivity contribution < 1.29 is 8.85 Å². The number of rotatable bonds is 11. The van der Waals surface area contributed by atoms with E-state index in [1.54, 1.807) is 0 Å². The van der Waals surface area contributed by atoms with Crippen molar-refractivity contribution >= 4 is 16.6 Å². The van der Waals surface area contributed by atoms with E-state index >= 15 is 0 Å². The molecular formula is C42H78O2Si2. The van der Waals surface area contributed by atoms with Gasteiger partial charge < -0.3 is 8.85 Å². The summed E-state index contributed by atoms with van der Waals surface area (Å²) >= 11 is 0. The molecule has 4 heteroatoms. The summed E-state index contributed by atoms with van der Waals surface area (Å²) in [5.74, 6) is 2.83. The molecule has 46 heavy (non-hydrogen) atoms. The fourth-order valence-electron chi connectivity index (χ4n) is 13.2. The Labute approximate surface area is 289 Å². The Morgan fingerprint density at radius 3 is 0.717 bits per heavy atom. The second kappa shape index (κ2) is 16.1. The maximum absolute atomic E-state index is 8.79. The molecule has 0 saturated heterocycles. The molecule has 0 atom stereocenters. The zero-order valence-electron chi connectivity index (χ0n) is 31.5. The molecule has 0 bridgehead atoms. The van der Waals surface area contributed by atoms with Crippen molar-refractivity contribution in [3.05, 3.63) is 0 Å². The molecule has 6 aliphatic carbocycles. The van der Waals surface area contributed by atoms with E-state index in [1.807, 2.05) is 0 Å². The van der Waals surface area contributed by atoms with Crippen LogP contribution < -0.4 is 0 Å². The van der Waals surface area contributed by atoms with Gasteiger partial charge in [-0.25, -0.2) is 0 Å². The van der Waals surface area contributed by atoms with Crippen LogP contribution in [0, 0.1) is 23.7 Å². The van der Waals surface area contributed by atoms with E-state index in [2.05, 4.69) is 26.2 Å². The SMILES string of the molecule is C[Si](C)(OC(C1CCCCC1)(C1CCCCC1)C(O[Si](C)(C)C1CCCCC1)(C1CCCCC1)C1CCCCC1)C1CCCCC1. The van der Waals surface area contributed by atoms with Crippen molar-refractivity contribution in [3.63, 3.8) is 0 Å². The average molecular weight is 671 g/mol. The molecule has 0 aromatic rings. The highest BCUT2D eigenvalue weighted by molar-refractivity contribution is 6.73. The highest BCUT2D eigenvalue weighted by atomic mass is 28.4. The summed E-state index contributed by atoms with van der Waals surface area (Å²) in [6, 6.07) is 0. The Kier molecular flexibility index (Phi) is 12.7. The van der Waals surface area contributed by atoms with Gasteiger partial charge in [0.25, 0.3) is 0 Å². The van der Waals surface area contributed by atoms with Crippen LogP contribution in [0.4, 0.5) is 0 Å². The van der Waals surface area contributed by atoms with Gasteiger partial charge in [-0.15, -0.1) is 0 Å². The summed E-state index contributed by atoms with van der Waals surface area (Å²) in [6.45, 7) is 10.9. The van der Waals surface area contributed by atoms with E-state index in [1.165, 1.54) is 193 Å². The van der Waals surface area contributed by atoms with Crippen molar-refractivity contribution in [1.29, 1.82) is 0 Å². The first-order valence-corrected chi connectivity index (χ1v) is 27.7. The number of hydrogen-bond acceptors (Lipinski definition) is 2. The van der Waals surface area contributed by atoms with E-state index in [4.69, 9.17) is 8.85 Å². The molecule has 0 amide bonds. The molecule has 0 radical (unpaired) electrons. The van der Waals surface area contributed by atoms with Gasteiger partial charge in [0.05, 0.1) is 11.2 Å². The van der Waals surface area contributed by atoms with Crippen LogP contribution in [-0.4, -0.2) is 27.8 Å². The molecule has 0 unspecified atom stereocenters. The Bertz CT molecular complexity index is 785. The molecule has 6 rings (SSSR count). The highest BCUT2D eigenvalue weighted by Crippen LogP contribution is 2.64. The van der Waals surface area contributed by atoms with E-state index < -0.39 is 16.6 Å². The van der Waals surface area contributed by atoms with Gasteiger partial charge in [0, 0.05) is 0 Å². The van der Waals surface area contributed by atoms with E-state index in [0.717, 1.165) is 11.1 Å². The molecule has 2 nitrogen and oxygen atoms in total. The lowest BCUT2D eigenvalue weighted by Gasteiger charge is -2.68. The fourth-order valence-corrected chi connectivity index (χ4v) is 19.9. The van der Waals surface area contributed by atoms with Crippen LogP contribution in [0.3, 0.4) is 0 Å². The number of hydrogen-bond donors (Lipinski definition) is 0. The molecule has 6 saturated carbocycles. The van der Waals surface area contributed by atoms with Crippen LogP contribution in [0.25, 0.3) is 0 Å². The van der Waals surface area contributed by atoms with Crippen LogP contribution in [0.5, 0.6) is 0 Å². The molecule has 266 valence electrons. The lowest BCUT2D eigenvalue weighted by molar-refractivity contribution is -0.255. The Morgan fingerprint density at radius 2 is 0.500 bits per heavy atom. The maximum atomic E-state index is 8.79. The molecule has 0 heterocycles. The standard InChI is InChI=1S/C42H78O2Si2/c1-45(2,39-31-19-9-20-32-39)43-41(35-23-11-5-12-24-35,36-25-13-6-14-26-36)42(37-27-15-7-16-28-37,38-29-17-8-18-30-38)44-46(3,4)40-33-21-10-22-34-40/h35-40H,5-34H2,1-4H3. The van der Waals surface area contributed by atoms with Gasteiger partial charge in [-0.3, -0.25) is 0 Å². The van der Waals surface area contributed by atoms with E-state index in [0.29, 0.717) is 23.7 Å². The quantitative estimate of drug-likeness (QED) is 0.204. The first-order chi connectivity index (χ1) is 22.3. The smallest absolute Gasteiger partial charge is 0.190 e. The fraction of sp³-hybridized carbons (Fsp3) is 1.00. The van der Waals surface area contributed by atoms with Gasteiger partial charge in [0.1, 0.15) is 0 Å². The van der Waals surface area contributed by atoms with E-state index in [-0.39, 0.29) is 11.2 Å². The average Bonchev–Trinajstić information content (AvgIpc) is 3.12. The maximum Gasteiger partial charge on any atom is 0.190 e. The van der Waals surface area contributed by atoms with Gasteiger partial charge in [-0.1, -0.05) is 141 Å². The van der Waals surface area contributed by atoms with Gasteiger partial charge in [-0.2, -0.15) is 0 Å². The summed E-state index contributed by atoms with van der Waals surface area (Å²) in [5.41, 5.74) is 1.55. The summed E-state index contributed by atoms with van der Waals surface area (Å²) < 4.78 is 17.6. The summed E-state index contributed by atoms with van der Waals surface area (Å²) in [6.07, 6.45) is 43.0. The predicted molar refractivity (Wildman–Crippen MR) is 203 cm³/mol. The van der Waals surface area contributed by atoms with Gasteiger partial charge in [0.15, 0.2) is 16.6 Å². The first kappa shape index (κ1) is 36.2. The highest BCUT2D eigenvalue weighted by Gasteiger charge is 2.69. The molecule has 0 aromatic carbocycles. The minimum atomic E-state index is -2.02.